The Bertz CT molecular complexity index is 467. The molecule has 90 valence electrons. The minimum atomic E-state index is -0.253. The molecule has 0 amide bonds. The van der Waals surface area contributed by atoms with E-state index in [0.717, 1.165) is 30.5 Å². The molecule has 4 heteroatoms. The molecule has 0 aromatic heterocycles. The average molecular weight is 297 g/mol. The molecule has 1 aromatic carbocycles. The van der Waals surface area contributed by atoms with Crippen LogP contribution in [0.25, 0.3) is 0 Å². The van der Waals surface area contributed by atoms with E-state index in [2.05, 4.69) is 27.3 Å². The highest BCUT2D eigenvalue weighted by Gasteiger charge is 2.27. The van der Waals surface area contributed by atoms with Crippen molar-refractivity contribution in [3.63, 3.8) is 0 Å². The minimum absolute atomic E-state index is 0.0678. The number of nitriles is 1. The van der Waals surface area contributed by atoms with Crippen LogP contribution in [0.4, 0.5) is 10.1 Å². The van der Waals surface area contributed by atoms with E-state index < -0.39 is 0 Å². The monoisotopic (exact) mass is 296 g/mol. The normalized spacial score (nSPS) is 23.4. The maximum Gasteiger partial charge on any atom is 0.137 e. The molecule has 2 nitrogen and oxygen atoms in total. The standard InChI is InChI=1S/C13H14BrFN2/c1-8-5-11(15)10(14)6-13(8)17-12-4-2-3-9(12)7-16/h5-6,9,12,17H,2-4H2,1H3. The van der Waals surface area contributed by atoms with E-state index in [1.165, 1.54) is 6.07 Å². The number of rotatable bonds is 2. The van der Waals surface area contributed by atoms with E-state index in [0.29, 0.717) is 4.47 Å². The first kappa shape index (κ1) is 12.4. The summed E-state index contributed by atoms with van der Waals surface area (Å²) >= 11 is 3.18. The second-order valence-corrected chi connectivity index (χ2v) is 5.35. The number of nitrogens with zero attached hydrogens (tertiary/aromatic N) is 1. The van der Waals surface area contributed by atoms with Crippen LogP contribution < -0.4 is 5.32 Å². The van der Waals surface area contributed by atoms with Crippen LogP contribution >= 0.6 is 15.9 Å². The van der Waals surface area contributed by atoms with Gasteiger partial charge in [-0.05, 0) is 59.8 Å². The Kier molecular flexibility index (Phi) is 3.68. The summed E-state index contributed by atoms with van der Waals surface area (Å²) in [4.78, 5) is 0. The van der Waals surface area contributed by atoms with Crippen molar-refractivity contribution in [3.05, 3.63) is 28.0 Å². The highest BCUT2D eigenvalue weighted by atomic mass is 79.9. The molecule has 0 aliphatic heterocycles. The SMILES string of the molecule is Cc1cc(F)c(Br)cc1NC1CCCC1C#N. The quantitative estimate of drug-likeness (QED) is 0.895. The summed E-state index contributed by atoms with van der Waals surface area (Å²) in [5, 5.41) is 12.4. The highest BCUT2D eigenvalue weighted by Crippen LogP contribution is 2.31. The van der Waals surface area contributed by atoms with Crippen molar-refractivity contribution in [3.8, 4) is 6.07 Å². The van der Waals surface area contributed by atoms with Crippen LogP contribution in [0, 0.1) is 30.0 Å². The third kappa shape index (κ3) is 2.61. The van der Waals surface area contributed by atoms with Gasteiger partial charge < -0.3 is 5.32 Å². The molecule has 2 rings (SSSR count). The number of aryl methyl sites for hydroxylation is 1. The zero-order chi connectivity index (χ0) is 12.4. The molecule has 0 bridgehead atoms. The van der Waals surface area contributed by atoms with Crippen molar-refractivity contribution >= 4 is 21.6 Å². The molecule has 1 aliphatic carbocycles. The average Bonchev–Trinajstić information content (AvgIpc) is 2.73. The summed E-state index contributed by atoms with van der Waals surface area (Å²) in [6, 6.07) is 5.77. The van der Waals surface area contributed by atoms with Gasteiger partial charge in [0.2, 0.25) is 0 Å². The number of anilines is 1. The van der Waals surface area contributed by atoms with Gasteiger partial charge in [0.25, 0.3) is 0 Å². The van der Waals surface area contributed by atoms with E-state index >= 15 is 0 Å². The lowest BCUT2D eigenvalue weighted by Gasteiger charge is -2.19. The van der Waals surface area contributed by atoms with Gasteiger partial charge in [-0.3, -0.25) is 0 Å². The Morgan fingerprint density at radius 1 is 1.47 bits per heavy atom. The van der Waals surface area contributed by atoms with E-state index in [-0.39, 0.29) is 17.8 Å². The molecule has 1 saturated carbocycles. The Balaban J connectivity index is 2.19. The van der Waals surface area contributed by atoms with Crippen molar-refractivity contribution in [1.82, 2.24) is 0 Å². The fourth-order valence-corrected chi connectivity index (χ4v) is 2.63. The molecular formula is C13H14BrFN2. The molecule has 0 radical (unpaired) electrons. The lowest BCUT2D eigenvalue weighted by atomic mass is 10.0. The second kappa shape index (κ2) is 5.05. The lowest BCUT2D eigenvalue weighted by molar-refractivity contribution is 0.616. The largest absolute Gasteiger partial charge is 0.381 e. The summed E-state index contributed by atoms with van der Waals surface area (Å²) in [5.41, 5.74) is 1.78. The Labute approximate surface area is 109 Å². The van der Waals surface area contributed by atoms with Gasteiger partial charge in [0.15, 0.2) is 0 Å². The second-order valence-electron chi connectivity index (χ2n) is 4.50. The summed E-state index contributed by atoms with van der Waals surface area (Å²) < 4.78 is 13.7. The molecule has 2 atom stereocenters. The third-order valence-electron chi connectivity index (χ3n) is 3.29. The maximum atomic E-state index is 13.3. The smallest absolute Gasteiger partial charge is 0.137 e. The molecule has 0 saturated heterocycles. The van der Waals surface area contributed by atoms with Crippen molar-refractivity contribution in [2.45, 2.75) is 32.2 Å². The fraction of sp³-hybridized carbons (Fsp3) is 0.462. The summed E-state index contributed by atoms with van der Waals surface area (Å²) in [6.07, 6.45) is 3.04. The Hall–Kier alpha value is -1.08. The van der Waals surface area contributed by atoms with E-state index in [1.54, 1.807) is 6.07 Å². The lowest BCUT2D eigenvalue weighted by Crippen LogP contribution is -2.23. The molecule has 1 N–H and O–H groups in total. The van der Waals surface area contributed by atoms with Gasteiger partial charge in [0.1, 0.15) is 5.82 Å². The first-order valence-electron chi connectivity index (χ1n) is 5.73. The van der Waals surface area contributed by atoms with Crippen molar-refractivity contribution in [2.24, 2.45) is 5.92 Å². The zero-order valence-corrected chi connectivity index (χ0v) is 11.2. The van der Waals surface area contributed by atoms with Gasteiger partial charge >= 0.3 is 0 Å². The minimum Gasteiger partial charge on any atom is -0.381 e. The number of benzene rings is 1. The van der Waals surface area contributed by atoms with E-state index in [1.807, 2.05) is 6.92 Å². The molecule has 0 heterocycles. The fourth-order valence-electron chi connectivity index (χ4n) is 2.29. The van der Waals surface area contributed by atoms with Gasteiger partial charge in [-0.1, -0.05) is 0 Å². The highest BCUT2D eigenvalue weighted by molar-refractivity contribution is 9.10. The Morgan fingerprint density at radius 3 is 2.94 bits per heavy atom. The van der Waals surface area contributed by atoms with Gasteiger partial charge in [0, 0.05) is 11.7 Å². The Morgan fingerprint density at radius 2 is 2.24 bits per heavy atom. The van der Waals surface area contributed by atoms with Crippen LogP contribution in [-0.2, 0) is 0 Å². The number of hydrogen-bond donors (Lipinski definition) is 1. The topological polar surface area (TPSA) is 35.8 Å². The van der Waals surface area contributed by atoms with Crippen molar-refractivity contribution in [1.29, 1.82) is 5.26 Å². The van der Waals surface area contributed by atoms with Crippen LogP contribution in [0.3, 0.4) is 0 Å². The molecule has 2 unspecified atom stereocenters. The maximum absolute atomic E-state index is 13.3. The predicted octanol–water partition coefficient (Wildman–Crippen LogP) is 4.00. The van der Waals surface area contributed by atoms with Crippen LogP contribution in [-0.4, -0.2) is 6.04 Å². The first-order chi connectivity index (χ1) is 8.11. The first-order valence-corrected chi connectivity index (χ1v) is 6.53. The van der Waals surface area contributed by atoms with Crippen molar-refractivity contribution < 1.29 is 4.39 Å². The number of nitrogens with one attached hydrogen (secondary N) is 1. The predicted molar refractivity (Wildman–Crippen MR) is 69.2 cm³/mol. The van der Waals surface area contributed by atoms with Crippen LogP contribution in [0.15, 0.2) is 16.6 Å². The zero-order valence-electron chi connectivity index (χ0n) is 9.63. The van der Waals surface area contributed by atoms with Gasteiger partial charge in [0.05, 0.1) is 16.5 Å². The third-order valence-corrected chi connectivity index (χ3v) is 3.90. The van der Waals surface area contributed by atoms with Crippen LogP contribution in [0.1, 0.15) is 24.8 Å². The molecule has 1 aromatic rings. The van der Waals surface area contributed by atoms with Crippen molar-refractivity contribution in [2.75, 3.05) is 5.32 Å². The van der Waals surface area contributed by atoms with Crippen LogP contribution in [0.2, 0.25) is 0 Å². The van der Waals surface area contributed by atoms with Gasteiger partial charge in [-0.2, -0.15) is 5.26 Å². The molecule has 0 spiro atoms. The summed E-state index contributed by atoms with van der Waals surface area (Å²) in [5.74, 6) is -0.186. The van der Waals surface area contributed by atoms with Gasteiger partial charge in [-0.25, -0.2) is 4.39 Å². The van der Waals surface area contributed by atoms with Crippen LogP contribution in [0.5, 0.6) is 0 Å². The number of halogens is 2. The number of hydrogen-bond acceptors (Lipinski definition) is 2. The molecule has 1 fully saturated rings. The molecule has 1 aliphatic rings. The molecular weight excluding hydrogens is 283 g/mol. The van der Waals surface area contributed by atoms with E-state index in [9.17, 15) is 4.39 Å². The summed E-state index contributed by atoms with van der Waals surface area (Å²) in [6.45, 7) is 1.87. The summed E-state index contributed by atoms with van der Waals surface area (Å²) in [7, 11) is 0. The van der Waals surface area contributed by atoms with E-state index in [4.69, 9.17) is 5.26 Å². The molecule has 17 heavy (non-hydrogen) atoms. The van der Waals surface area contributed by atoms with Gasteiger partial charge in [-0.15, -0.1) is 0 Å².